The number of nitrogens with zero attached hydrogens (tertiary/aromatic N) is 3. The molecular formula is C19H15ClN4O3S. The molecule has 0 bridgehead atoms. The van der Waals surface area contributed by atoms with Gasteiger partial charge in [-0.1, -0.05) is 23.4 Å². The predicted octanol–water partition coefficient (Wildman–Crippen LogP) is 4.64. The lowest BCUT2D eigenvalue weighted by Crippen LogP contribution is -2.03. The van der Waals surface area contributed by atoms with Crippen LogP contribution < -0.4 is 4.74 Å². The van der Waals surface area contributed by atoms with E-state index in [-0.39, 0.29) is 23.3 Å². The van der Waals surface area contributed by atoms with Gasteiger partial charge in [0, 0.05) is 16.7 Å². The Morgan fingerprint density at radius 3 is 2.82 bits per heavy atom. The number of ether oxygens (including phenoxy) is 1. The highest BCUT2D eigenvalue weighted by Crippen LogP contribution is 2.25. The average Bonchev–Trinajstić information content (AvgIpc) is 3.34. The van der Waals surface area contributed by atoms with Crippen LogP contribution >= 0.6 is 23.4 Å². The van der Waals surface area contributed by atoms with Gasteiger partial charge >= 0.3 is 0 Å². The van der Waals surface area contributed by atoms with Crippen LogP contribution in [0.3, 0.4) is 0 Å². The molecule has 9 heteroatoms. The van der Waals surface area contributed by atoms with Crippen LogP contribution in [0.1, 0.15) is 17.6 Å². The summed E-state index contributed by atoms with van der Waals surface area (Å²) in [6, 6.07) is 12.6. The topological polar surface area (TPSA) is 93.9 Å². The number of thioether (sulfide) groups is 1. The average molecular weight is 415 g/mol. The number of fused-ring (bicyclic) bond motifs is 1. The third kappa shape index (κ3) is 4.02. The molecule has 0 saturated carbocycles. The van der Waals surface area contributed by atoms with Crippen molar-refractivity contribution in [2.24, 2.45) is 0 Å². The van der Waals surface area contributed by atoms with E-state index >= 15 is 0 Å². The van der Waals surface area contributed by atoms with Crippen LogP contribution in [0, 0.1) is 0 Å². The molecule has 2 aromatic heterocycles. The number of Topliss-reactive ketones (excluding diaryl/α,β-unsaturated/α-hetero) is 1. The number of carbonyl (C=O) groups excluding carboxylic acids is 1. The molecule has 0 fully saturated rings. The minimum atomic E-state index is -0.270. The second-order valence-electron chi connectivity index (χ2n) is 5.79. The molecule has 0 amide bonds. The number of rotatable bonds is 7. The van der Waals surface area contributed by atoms with E-state index in [2.05, 4.69) is 20.2 Å². The van der Waals surface area contributed by atoms with Gasteiger partial charge < -0.3 is 14.1 Å². The molecule has 0 atom stereocenters. The van der Waals surface area contributed by atoms with E-state index in [4.69, 9.17) is 20.8 Å². The highest BCUT2D eigenvalue weighted by Gasteiger charge is 2.17. The molecule has 4 rings (SSSR count). The Balaban J connectivity index is 1.43. The van der Waals surface area contributed by atoms with Gasteiger partial charge in [0.1, 0.15) is 5.75 Å². The number of hydrogen-bond donors (Lipinski definition) is 1. The first kappa shape index (κ1) is 18.5. The van der Waals surface area contributed by atoms with E-state index in [1.54, 1.807) is 24.3 Å². The maximum atomic E-state index is 12.4. The van der Waals surface area contributed by atoms with Gasteiger partial charge in [-0.2, -0.15) is 0 Å². The Labute approximate surface area is 169 Å². The molecule has 0 radical (unpaired) electrons. The third-order valence-electron chi connectivity index (χ3n) is 3.84. The Morgan fingerprint density at radius 2 is 2.04 bits per heavy atom. The summed E-state index contributed by atoms with van der Waals surface area (Å²) in [5, 5.41) is 9.01. The van der Waals surface area contributed by atoms with Gasteiger partial charge in [-0.15, -0.1) is 10.2 Å². The van der Waals surface area contributed by atoms with Crippen LogP contribution in [0.15, 0.2) is 52.0 Å². The largest absolute Gasteiger partial charge is 0.494 e. The molecule has 0 aliphatic heterocycles. The summed E-state index contributed by atoms with van der Waals surface area (Å²) in [4.78, 5) is 20.0. The summed E-state index contributed by atoms with van der Waals surface area (Å²) in [5.41, 5.74) is 2.36. The quantitative estimate of drug-likeness (QED) is 0.347. The molecule has 4 aromatic rings. The second-order valence-corrected chi connectivity index (χ2v) is 7.19. The molecule has 142 valence electrons. The molecule has 2 heterocycles. The van der Waals surface area contributed by atoms with E-state index in [1.807, 2.05) is 25.1 Å². The number of nitrogens with one attached hydrogen (secondary N) is 1. The first-order valence-corrected chi connectivity index (χ1v) is 9.87. The van der Waals surface area contributed by atoms with Crippen molar-refractivity contribution in [1.82, 2.24) is 20.2 Å². The summed E-state index contributed by atoms with van der Waals surface area (Å²) in [7, 11) is 0. The van der Waals surface area contributed by atoms with E-state index in [9.17, 15) is 4.79 Å². The number of halogens is 1. The predicted molar refractivity (Wildman–Crippen MR) is 107 cm³/mol. The van der Waals surface area contributed by atoms with Crippen molar-refractivity contribution in [3.05, 3.63) is 53.4 Å². The number of H-pyrrole nitrogens is 1. The molecule has 0 aliphatic rings. The second kappa shape index (κ2) is 8.04. The lowest BCUT2D eigenvalue weighted by Gasteiger charge is -2.00. The van der Waals surface area contributed by atoms with Gasteiger partial charge in [0.25, 0.3) is 5.89 Å². The van der Waals surface area contributed by atoms with Crippen molar-refractivity contribution in [2.45, 2.75) is 12.1 Å². The van der Waals surface area contributed by atoms with Crippen molar-refractivity contribution in [3.8, 4) is 17.2 Å². The molecule has 0 spiro atoms. The third-order valence-corrected chi connectivity index (χ3v) is 4.96. The summed E-state index contributed by atoms with van der Waals surface area (Å²) < 4.78 is 11.0. The van der Waals surface area contributed by atoms with Gasteiger partial charge in [0.05, 0.1) is 23.4 Å². The van der Waals surface area contributed by atoms with Gasteiger partial charge in [-0.3, -0.25) is 4.79 Å². The number of ketones is 1. The Morgan fingerprint density at radius 1 is 1.21 bits per heavy atom. The number of hydrogen-bond acceptors (Lipinski definition) is 7. The Bertz CT molecular complexity index is 1120. The highest BCUT2D eigenvalue weighted by atomic mass is 35.5. The Kier molecular flexibility index (Phi) is 5.31. The fourth-order valence-electron chi connectivity index (χ4n) is 2.53. The van der Waals surface area contributed by atoms with Crippen molar-refractivity contribution >= 4 is 40.2 Å². The Hall–Kier alpha value is -2.84. The lowest BCUT2D eigenvalue weighted by atomic mass is 10.2. The fraction of sp³-hybridized carbons (Fsp3) is 0.158. The summed E-state index contributed by atoms with van der Waals surface area (Å²) in [6.45, 7) is 2.53. The SMILES string of the molecule is CCOc1ccc2nc(SCC(=O)c3nnc(-c4ccc(Cl)cc4)o3)[nH]c2c1. The number of imidazole rings is 1. The van der Waals surface area contributed by atoms with E-state index in [1.165, 1.54) is 11.8 Å². The molecule has 2 aromatic carbocycles. The summed E-state index contributed by atoms with van der Waals surface area (Å²) in [5.74, 6) is 0.866. The molecule has 1 N–H and O–H groups in total. The van der Waals surface area contributed by atoms with E-state index in [0.29, 0.717) is 22.3 Å². The fourth-order valence-corrected chi connectivity index (χ4v) is 3.39. The number of aromatic amines is 1. The van der Waals surface area contributed by atoms with E-state index < -0.39 is 0 Å². The van der Waals surface area contributed by atoms with Crippen LogP contribution in [0.25, 0.3) is 22.5 Å². The van der Waals surface area contributed by atoms with Crippen LogP contribution in [-0.2, 0) is 0 Å². The first-order chi connectivity index (χ1) is 13.6. The van der Waals surface area contributed by atoms with Crippen molar-refractivity contribution in [3.63, 3.8) is 0 Å². The van der Waals surface area contributed by atoms with Gasteiger partial charge in [-0.25, -0.2) is 4.98 Å². The first-order valence-electron chi connectivity index (χ1n) is 8.50. The van der Waals surface area contributed by atoms with Gasteiger partial charge in [0.15, 0.2) is 5.16 Å². The van der Waals surface area contributed by atoms with Crippen molar-refractivity contribution < 1.29 is 13.9 Å². The molecule has 7 nitrogen and oxygen atoms in total. The van der Waals surface area contributed by atoms with Gasteiger partial charge in [-0.05, 0) is 43.3 Å². The van der Waals surface area contributed by atoms with Crippen molar-refractivity contribution in [2.75, 3.05) is 12.4 Å². The summed E-state index contributed by atoms with van der Waals surface area (Å²) >= 11 is 7.14. The zero-order chi connectivity index (χ0) is 19.5. The molecule has 28 heavy (non-hydrogen) atoms. The lowest BCUT2D eigenvalue weighted by molar-refractivity contribution is 0.0986. The normalized spacial score (nSPS) is 11.1. The van der Waals surface area contributed by atoms with Crippen LogP contribution in [0.4, 0.5) is 0 Å². The monoisotopic (exact) mass is 414 g/mol. The minimum absolute atomic E-state index is 0.0350. The molecule has 0 saturated heterocycles. The van der Waals surface area contributed by atoms with E-state index in [0.717, 1.165) is 16.8 Å². The van der Waals surface area contributed by atoms with Crippen LogP contribution in [0.5, 0.6) is 5.75 Å². The standard InChI is InChI=1S/C19H15ClN4O3S/c1-2-26-13-7-8-14-15(9-13)22-19(21-14)28-10-16(25)18-24-23-17(27-18)11-3-5-12(20)6-4-11/h3-9H,2,10H2,1H3,(H,21,22). The van der Waals surface area contributed by atoms with Crippen molar-refractivity contribution in [1.29, 1.82) is 0 Å². The van der Waals surface area contributed by atoms with Gasteiger partial charge in [0.2, 0.25) is 11.7 Å². The number of carbonyl (C=O) groups is 1. The smallest absolute Gasteiger partial charge is 0.285 e. The molecular weight excluding hydrogens is 400 g/mol. The zero-order valence-electron chi connectivity index (χ0n) is 14.8. The van der Waals surface area contributed by atoms with Crippen LogP contribution in [0.2, 0.25) is 5.02 Å². The molecule has 0 unspecified atom stereocenters. The highest BCUT2D eigenvalue weighted by molar-refractivity contribution is 7.99. The molecule has 0 aliphatic carbocycles. The van der Waals surface area contributed by atoms with Crippen LogP contribution in [-0.4, -0.2) is 38.3 Å². The maximum Gasteiger partial charge on any atom is 0.285 e. The number of aromatic nitrogens is 4. The summed E-state index contributed by atoms with van der Waals surface area (Å²) in [6.07, 6.45) is 0. The number of benzene rings is 2. The maximum absolute atomic E-state index is 12.4. The minimum Gasteiger partial charge on any atom is -0.494 e. The zero-order valence-corrected chi connectivity index (χ0v) is 16.4.